The summed E-state index contributed by atoms with van der Waals surface area (Å²) < 4.78 is 49.3. The van der Waals surface area contributed by atoms with Gasteiger partial charge in [-0.15, -0.1) is 0 Å². The zero-order valence-corrected chi connectivity index (χ0v) is 10.8. The Morgan fingerprint density at radius 2 is 1.84 bits per heavy atom. The summed E-state index contributed by atoms with van der Waals surface area (Å²) >= 11 is 0. The van der Waals surface area contributed by atoms with Crippen molar-refractivity contribution in [3.8, 4) is 11.5 Å². The lowest BCUT2D eigenvalue weighted by atomic mass is 9.97. The quantitative estimate of drug-likeness (QED) is 0.919. The fourth-order valence-electron chi connectivity index (χ4n) is 2.12. The van der Waals surface area contributed by atoms with E-state index < -0.39 is 17.3 Å². The van der Waals surface area contributed by atoms with E-state index in [0.717, 1.165) is 18.9 Å². The highest BCUT2D eigenvalue weighted by Crippen LogP contribution is 2.45. The van der Waals surface area contributed by atoms with Crippen molar-refractivity contribution >= 4 is 0 Å². The van der Waals surface area contributed by atoms with Gasteiger partial charge < -0.3 is 15.2 Å². The van der Waals surface area contributed by atoms with Gasteiger partial charge in [0.1, 0.15) is 0 Å². The summed E-state index contributed by atoms with van der Waals surface area (Å²) in [6.07, 6.45) is -2.84. The van der Waals surface area contributed by atoms with Gasteiger partial charge in [0, 0.05) is 11.1 Å². The molecule has 0 radical (unpaired) electrons. The second-order valence-electron chi connectivity index (χ2n) is 4.86. The average Bonchev–Trinajstić information content (AvgIpc) is 3.04. The predicted molar refractivity (Wildman–Crippen MR) is 64.4 cm³/mol. The van der Waals surface area contributed by atoms with Gasteiger partial charge in [-0.1, -0.05) is 0 Å². The first-order valence-corrected chi connectivity index (χ1v) is 5.91. The second kappa shape index (κ2) is 4.59. The molecule has 0 spiro atoms. The molecular weight excluding hydrogens is 259 g/mol. The lowest BCUT2D eigenvalue weighted by Gasteiger charge is -2.20. The van der Waals surface area contributed by atoms with E-state index in [-0.39, 0.29) is 23.5 Å². The summed E-state index contributed by atoms with van der Waals surface area (Å²) in [4.78, 5) is 0. The third-order valence-corrected chi connectivity index (χ3v) is 3.37. The van der Waals surface area contributed by atoms with Crippen LogP contribution in [0.5, 0.6) is 11.5 Å². The molecule has 1 aliphatic carbocycles. The van der Waals surface area contributed by atoms with E-state index >= 15 is 0 Å². The maximum absolute atomic E-state index is 13.1. The molecule has 0 heterocycles. The molecule has 6 heteroatoms. The van der Waals surface area contributed by atoms with Crippen LogP contribution in [0.3, 0.4) is 0 Å². The summed E-state index contributed by atoms with van der Waals surface area (Å²) in [5.74, 6) is 0.406. The first-order valence-electron chi connectivity index (χ1n) is 5.91. The minimum absolute atomic E-state index is 0.0781. The van der Waals surface area contributed by atoms with Gasteiger partial charge in [-0.25, -0.2) is 0 Å². The van der Waals surface area contributed by atoms with Crippen LogP contribution in [0.4, 0.5) is 13.2 Å². The molecule has 3 nitrogen and oxygen atoms in total. The summed E-state index contributed by atoms with van der Waals surface area (Å²) in [6, 6.07) is 2.28. The molecule has 0 aliphatic heterocycles. The van der Waals surface area contributed by atoms with Crippen molar-refractivity contribution in [1.29, 1.82) is 0 Å². The van der Waals surface area contributed by atoms with Crippen LogP contribution in [-0.4, -0.2) is 19.8 Å². The molecule has 2 rings (SSSR count). The fraction of sp³-hybridized carbons (Fsp3) is 0.538. The Morgan fingerprint density at radius 1 is 1.21 bits per heavy atom. The van der Waals surface area contributed by atoms with Crippen molar-refractivity contribution < 1.29 is 22.6 Å². The van der Waals surface area contributed by atoms with E-state index in [1.807, 2.05) is 0 Å². The summed E-state index contributed by atoms with van der Waals surface area (Å²) in [5.41, 5.74) is 4.77. The van der Waals surface area contributed by atoms with Gasteiger partial charge in [0.05, 0.1) is 19.8 Å². The number of rotatable bonds is 4. The topological polar surface area (TPSA) is 44.5 Å². The molecule has 1 saturated carbocycles. The Kier molecular flexibility index (Phi) is 3.38. The van der Waals surface area contributed by atoms with E-state index in [9.17, 15) is 13.2 Å². The second-order valence-corrected chi connectivity index (χ2v) is 4.86. The maximum Gasteiger partial charge on any atom is 0.416 e. The maximum atomic E-state index is 13.1. The van der Waals surface area contributed by atoms with Gasteiger partial charge in [-0.05, 0) is 31.4 Å². The van der Waals surface area contributed by atoms with Crippen LogP contribution in [0.1, 0.15) is 24.0 Å². The van der Waals surface area contributed by atoms with Crippen LogP contribution in [0.15, 0.2) is 12.1 Å². The molecule has 1 aliphatic rings. The van der Waals surface area contributed by atoms with Crippen molar-refractivity contribution in [1.82, 2.24) is 0 Å². The Balaban J connectivity index is 2.54. The van der Waals surface area contributed by atoms with Crippen molar-refractivity contribution in [3.05, 3.63) is 23.3 Å². The molecule has 1 aromatic rings. The van der Waals surface area contributed by atoms with Crippen molar-refractivity contribution in [3.63, 3.8) is 0 Å². The highest BCUT2D eigenvalue weighted by atomic mass is 19.4. The standard InChI is InChI=1S/C13H16F3NO2/c1-18-10-4-3-9(13(14,15)16)8(11(10)19-2)7-12(17)5-6-12/h3-4H,5-7,17H2,1-2H3. The normalized spacial score (nSPS) is 17.2. The van der Waals surface area contributed by atoms with Crippen LogP contribution in [0, 0.1) is 0 Å². The lowest BCUT2D eigenvalue weighted by Crippen LogP contribution is -2.26. The monoisotopic (exact) mass is 275 g/mol. The van der Waals surface area contributed by atoms with Crippen molar-refractivity contribution in [2.24, 2.45) is 5.73 Å². The third-order valence-electron chi connectivity index (χ3n) is 3.37. The molecular formula is C13H16F3NO2. The molecule has 0 saturated heterocycles. The molecule has 2 N–H and O–H groups in total. The smallest absolute Gasteiger partial charge is 0.416 e. The van der Waals surface area contributed by atoms with Crippen LogP contribution in [-0.2, 0) is 12.6 Å². The molecule has 0 unspecified atom stereocenters. The number of nitrogens with two attached hydrogens (primary N) is 1. The Hall–Kier alpha value is -1.43. The molecule has 0 bridgehead atoms. The first kappa shape index (κ1) is 14.0. The number of halogens is 3. The largest absolute Gasteiger partial charge is 0.493 e. The summed E-state index contributed by atoms with van der Waals surface area (Å²) in [7, 11) is 2.72. The van der Waals surface area contributed by atoms with Crippen LogP contribution < -0.4 is 15.2 Å². The average molecular weight is 275 g/mol. The highest BCUT2D eigenvalue weighted by Gasteiger charge is 2.43. The summed E-state index contributed by atoms with van der Waals surface area (Å²) in [5, 5.41) is 0. The zero-order chi connectivity index (χ0) is 14.3. The van der Waals surface area contributed by atoms with Gasteiger partial charge in [0.15, 0.2) is 11.5 Å². The molecule has 1 aromatic carbocycles. The Morgan fingerprint density at radius 3 is 2.26 bits per heavy atom. The first-order chi connectivity index (χ1) is 8.80. The fourth-order valence-corrected chi connectivity index (χ4v) is 2.12. The third kappa shape index (κ3) is 2.78. The molecule has 0 aromatic heterocycles. The number of methoxy groups -OCH3 is 2. The molecule has 106 valence electrons. The highest BCUT2D eigenvalue weighted by molar-refractivity contribution is 5.52. The molecule has 1 fully saturated rings. The van der Waals surface area contributed by atoms with Gasteiger partial charge in [0.25, 0.3) is 0 Å². The molecule has 0 amide bonds. The van der Waals surface area contributed by atoms with Gasteiger partial charge in [-0.3, -0.25) is 0 Å². The van der Waals surface area contributed by atoms with Crippen molar-refractivity contribution in [2.45, 2.75) is 31.0 Å². The van der Waals surface area contributed by atoms with Gasteiger partial charge in [-0.2, -0.15) is 13.2 Å². The Bertz CT molecular complexity index is 482. The molecule has 19 heavy (non-hydrogen) atoms. The van der Waals surface area contributed by atoms with Crippen LogP contribution in [0.25, 0.3) is 0 Å². The van der Waals surface area contributed by atoms with Crippen LogP contribution in [0.2, 0.25) is 0 Å². The van der Waals surface area contributed by atoms with Crippen molar-refractivity contribution in [2.75, 3.05) is 14.2 Å². The van der Waals surface area contributed by atoms with E-state index in [4.69, 9.17) is 15.2 Å². The zero-order valence-electron chi connectivity index (χ0n) is 10.8. The van der Waals surface area contributed by atoms with E-state index in [0.29, 0.717) is 0 Å². The minimum Gasteiger partial charge on any atom is -0.493 e. The minimum atomic E-state index is -4.43. The Labute approximate surface area is 109 Å². The van der Waals surface area contributed by atoms with E-state index in [1.54, 1.807) is 0 Å². The van der Waals surface area contributed by atoms with E-state index in [2.05, 4.69) is 0 Å². The number of benzene rings is 1. The number of alkyl halides is 3. The van der Waals surface area contributed by atoms with Gasteiger partial charge >= 0.3 is 6.18 Å². The SMILES string of the molecule is COc1ccc(C(F)(F)F)c(CC2(N)CC2)c1OC. The number of hydrogen-bond donors (Lipinski definition) is 1. The van der Waals surface area contributed by atoms with Gasteiger partial charge in [0.2, 0.25) is 0 Å². The predicted octanol–water partition coefficient (Wildman–Crippen LogP) is 2.76. The number of ether oxygens (including phenoxy) is 2. The summed E-state index contributed by atoms with van der Waals surface area (Å²) in [6.45, 7) is 0. The number of hydrogen-bond acceptors (Lipinski definition) is 3. The lowest BCUT2D eigenvalue weighted by molar-refractivity contribution is -0.138. The van der Waals surface area contributed by atoms with E-state index in [1.165, 1.54) is 20.3 Å². The van der Waals surface area contributed by atoms with Crippen LogP contribution >= 0.6 is 0 Å². The molecule has 0 atom stereocenters.